The van der Waals surface area contributed by atoms with E-state index in [4.69, 9.17) is 39.7 Å². The first-order valence-corrected chi connectivity index (χ1v) is 6.39. The molecule has 1 aromatic rings. The van der Waals surface area contributed by atoms with Crippen molar-refractivity contribution in [2.75, 3.05) is 21.3 Å². The zero-order chi connectivity index (χ0) is 18.2. The highest BCUT2D eigenvalue weighted by molar-refractivity contribution is 6.27. The van der Waals surface area contributed by atoms with Crippen molar-refractivity contribution in [3.8, 4) is 17.2 Å². The second-order valence-corrected chi connectivity index (χ2v) is 4.37. The summed E-state index contributed by atoms with van der Waals surface area (Å²) in [5.74, 6) is -2.15. The highest BCUT2D eigenvalue weighted by Gasteiger charge is 2.19. The molecule has 0 aliphatic rings. The second-order valence-electron chi connectivity index (χ2n) is 4.37. The van der Waals surface area contributed by atoms with Crippen molar-refractivity contribution >= 4 is 11.9 Å². The summed E-state index contributed by atoms with van der Waals surface area (Å²) in [5.41, 5.74) is 6.29. The van der Waals surface area contributed by atoms with E-state index in [0.717, 1.165) is 0 Å². The Morgan fingerprint density at radius 3 is 1.61 bits per heavy atom. The van der Waals surface area contributed by atoms with Crippen molar-refractivity contribution in [3.05, 3.63) is 17.7 Å². The molecule has 0 bridgehead atoms. The van der Waals surface area contributed by atoms with E-state index in [9.17, 15) is 5.11 Å². The number of benzene rings is 1. The van der Waals surface area contributed by atoms with Crippen molar-refractivity contribution < 1.29 is 39.1 Å². The van der Waals surface area contributed by atoms with Crippen LogP contribution in [0.4, 0.5) is 0 Å². The molecule has 1 rings (SSSR count). The van der Waals surface area contributed by atoms with E-state index in [1.165, 1.54) is 21.3 Å². The number of carbonyl (C=O) groups is 2. The highest BCUT2D eigenvalue weighted by Crippen LogP contribution is 2.39. The van der Waals surface area contributed by atoms with Gasteiger partial charge in [-0.25, -0.2) is 9.59 Å². The molecule has 1 aromatic carbocycles. The minimum absolute atomic E-state index is 0.377. The Morgan fingerprint density at radius 2 is 1.39 bits per heavy atom. The molecule has 0 aliphatic heterocycles. The van der Waals surface area contributed by atoms with Crippen molar-refractivity contribution in [1.29, 1.82) is 0 Å². The summed E-state index contributed by atoms with van der Waals surface area (Å²) >= 11 is 0. The minimum Gasteiger partial charge on any atom is -0.493 e. The van der Waals surface area contributed by atoms with Gasteiger partial charge in [0.1, 0.15) is 0 Å². The zero-order valence-corrected chi connectivity index (χ0v) is 13.3. The number of ether oxygens (including phenoxy) is 3. The molecule has 9 heteroatoms. The molecule has 0 aliphatic carbocycles. The molecule has 0 heterocycles. The van der Waals surface area contributed by atoms with Crippen LogP contribution in [-0.4, -0.2) is 54.6 Å². The maximum absolute atomic E-state index is 9.92. The smallest absolute Gasteiger partial charge is 0.414 e. The number of carboxylic acid groups (broad SMARTS) is 2. The molecule has 9 nitrogen and oxygen atoms in total. The van der Waals surface area contributed by atoms with E-state index in [1.54, 1.807) is 19.1 Å². The molecule has 0 fully saturated rings. The van der Waals surface area contributed by atoms with Gasteiger partial charge >= 0.3 is 11.9 Å². The molecule has 0 aromatic heterocycles. The number of methoxy groups -OCH3 is 3. The van der Waals surface area contributed by atoms with Crippen LogP contribution in [0.2, 0.25) is 0 Å². The third kappa shape index (κ3) is 6.01. The zero-order valence-electron chi connectivity index (χ0n) is 13.3. The lowest BCUT2D eigenvalue weighted by atomic mass is 10.0. The topological polar surface area (TPSA) is 149 Å². The van der Waals surface area contributed by atoms with Crippen LogP contribution < -0.4 is 19.9 Å². The number of aliphatic hydroxyl groups is 1. The fourth-order valence-corrected chi connectivity index (χ4v) is 1.58. The third-order valence-corrected chi connectivity index (χ3v) is 2.71. The lowest BCUT2D eigenvalue weighted by molar-refractivity contribution is -0.159. The maximum atomic E-state index is 9.92. The molecule has 0 amide bonds. The lowest BCUT2D eigenvalue weighted by Crippen LogP contribution is -2.24. The first-order chi connectivity index (χ1) is 10.7. The fourth-order valence-electron chi connectivity index (χ4n) is 1.58. The van der Waals surface area contributed by atoms with E-state index in [0.29, 0.717) is 22.8 Å². The molecule has 0 radical (unpaired) electrons. The monoisotopic (exact) mass is 331 g/mol. The van der Waals surface area contributed by atoms with Crippen molar-refractivity contribution in [2.45, 2.75) is 19.1 Å². The first-order valence-electron chi connectivity index (χ1n) is 6.39. The Bertz CT molecular complexity index is 507. The fraction of sp³-hybridized carbons (Fsp3) is 0.429. The average Bonchev–Trinajstić information content (AvgIpc) is 2.52. The Morgan fingerprint density at radius 1 is 1.00 bits per heavy atom. The van der Waals surface area contributed by atoms with Crippen LogP contribution in [-0.2, 0) is 9.59 Å². The van der Waals surface area contributed by atoms with E-state index >= 15 is 0 Å². The van der Waals surface area contributed by atoms with Crippen LogP contribution in [0.1, 0.15) is 18.6 Å². The van der Waals surface area contributed by atoms with Crippen LogP contribution >= 0.6 is 0 Å². The molecule has 23 heavy (non-hydrogen) atoms. The summed E-state index contributed by atoms with van der Waals surface area (Å²) in [5, 5.41) is 24.7. The lowest BCUT2D eigenvalue weighted by Gasteiger charge is -2.19. The number of nitrogens with two attached hydrogens (primary N) is 1. The predicted octanol–water partition coefficient (Wildman–Crippen LogP) is 0.249. The van der Waals surface area contributed by atoms with Gasteiger partial charge in [0.2, 0.25) is 5.75 Å². The van der Waals surface area contributed by atoms with Crippen LogP contribution in [0.25, 0.3) is 0 Å². The van der Waals surface area contributed by atoms with Gasteiger partial charge in [0, 0.05) is 6.04 Å². The van der Waals surface area contributed by atoms with E-state index in [-0.39, 0.29) is 6.04 Å². The molecular weight excluding hydrogens is 310 g/mol. The van der Waals surface area contributed by atoms with Gasteiger partial charge < -0.3 is 35.3 Å². The molecule has 2 atom stereocenters. The maximum Gasteiger partial charge on any atom is 0.414 e. The van der Waals surface area contributed by atoms with Gasteiger partial charge in [-0.05, 0) is 24.6 Å². The van der Waals surface area contributed by atoms with Gasteiger partial charge in [-0.3, -0.25) is 0 Å². The Labute approximate surface area is 133 Å². The third-order valence-electron chi connectivity index (χ3n) is 2.71. The SMILES string of the molecule is COc1cc([C@@H](O)[C@H](C)N)cc(OC)c1OC.O=C(O)C(=O)O. The van der Waals surface area contributed by atoms with Gasteiger partial charge in [-0.2, -0.15) is 0 Å². The number of rotatable bonds is 5. The Hall–Kier alpha value is -2.52. The quantitative estimate of drug-likeness (QED) is 0.557. The van der Waals surface area contributed by atoms with Gasteiger partial charge in [-0.15, -0.1) is 0 Å². The summed E-state index contributed by atoms with van der Waals surface area (Å²) in [4.78, 5) is 18.2. The summed E-state index contributed by atoms with van der Waals surface area (Å²) in [6, 6.07) is 3.00. The number of carboxylic acids is 2. The summed E-state index contributed by atoms with van der Waals surface area (Å²) in [6.45, 7) is 1.73. The molecular formula is C14H21NO8. The minimum atomic E-state index is -1.82. The van der Waals surface area contributed by atoms with Crippen molar-refractivity contribution in [1.82, 2.24) is 0 Å². The number of aliphatic carboxylic acids is 2. The van der Waals surface area contributed by atoms with E-state index in [1.807, 2.05) is 0 Å². The molecule has 130 valence electrons. The van der Waals surface area contributed by atoms with Gasteiger partial charge in [-0.1, -0.05) is 0 Å². The van der Waals surface area contributed by atoms with Crippen LogP contribution in [0.15, 0.2) is 12.1 Å². The molecule has 5 N–H and O–H groups in total. The number of hydrogen-bond donors (Lipinski definition) is 4. The van der Waals surface area contributed by atoms with E-state index in [2.05, 4.69) is 0 Å². The van der Waals surface area contributed by atoms with Crippen LogP contribution in [0.3, 0.4) is 0 Å². The number of aliphatic hydroxyl groups excluding tert-OH is 1. The molecule has 0 unspecified atom stereocenters. The van der Waals surface area contributed by atoms with Crippen molar-refractivity contribution in [2.24, 2.45) is 5.73 Å². The van der Waals surface area contributed by atoms with Crippen LogP contribution in [0, 0.1) is 0 Å². The average molecular weight is 331 g/mol. The first kappa shape index (κ1) is 20.5. The highest BCUT2D eigenvalue weighted by atomic mass is 16.5. The summed E-state index contributed by atoms with van der Waals surface area (Å²) < 4.78 is 15.6. The Kier molecular flexibility index (Phi) is 8.45. The largest absolute Gasteiger partial charge is 0.493 e. The predicted molar refractivity (Wildman–Crippen MR) is 80.0 cm³/mol. The van der Waals surface area contributed by atoms with Gasteiger partial charge in [0.15, 0.2) is 11.5 Å². The standard InChI is InChI=1S/C12H19NO4.C2H2O4/c1-7(13)11(14)8-5-9(15-2)12(17-4)10(6-8)16-3;3-1(4)2(5)6/h5-7,11,14H,13H2,1-4H3;(H,3,4)(H,5,6)/t7-,11-;/m0./s1. The van der Waals surface area contributed by atoms with Crippen LogP contribution in [0.5, 0.6) is 17.2 Å². The molecule has 0 saturated heterocycles. The molecule has 0 saturated carbocycles. The summed E-state index contributed by atoms with van der Waals surface area (Å²) in [7, 11) is 4.58. The summed E-state index contributed by atoms with van der Waals surface area (Å²) in [6.07, 6.45) is -0.774. The normalized spacial score (nSPS) is 12.3. The van der Waals surface area contributed by atoms with E-state index < -0.39 is 18.0 Å². The van der Waals surface area contributed by atoms with Gasteiger partial charge in [0.05, 0.1) is 27.4 Å². The van der Waals surface area contributed by atoms with Crippen molar-refractivity contribution in [3.63, 3.8) is 0 Å². The number of hydrogen-bond acceptors (Lipinski definition) is 7. The Balaban J connectivity index is 0.000000688. The second kappa shape index (κ2) is 9.49. The molecule has 0 spiro atoms. The van der Waals surface area contributed by atoms with Gasteiger partial charge in [0.25, 0.3) is 0 Å².